The van der Waals surface area contributed by atoms with E-state index in [0.717, 1.165) is 25.9 Å². The van der Waals surface area contributed by atoms with Crippen LogP contribution in [0.5, 0.6) is 0 Å². The molecule has 1 aromatic rings. The van der Waals surface area contributed by atoms with E-state index >= 15 is 0 Å². The molecular formula is C13H25N3. The molecule has 0 aliphatic heterocycles. The number of nitrogens with zero attached hydrogens (tertiary/aromatic N) is 2. The molecule has 16 heavy (non-hydrogen) atoms. The van der Waals surface area contributed by atoms with E-state index in [1.165, 1.54) is 12.0 Å². The average Bonchev–Trinajstić information content (AvgIpc) is 2.66. The zero-order valence-corrected chi connectivity index (χ0v) is 10.8. The Morgan fingerprint density at radius 3 is 2.81 bits per heavy atom. The summed E-state index contributed by atoms with van der Waals surface area (Å²) >= 11 is 0. The monoisotopic (exact) mass is 223 g/mol. The van der Waals surface area contributed by atoms with Gasteiger partial charge >= 0.3 is 0 Å². The van der Waals surface area contributed by atoms with E-state index in [-0.39, 0.29) is 6.04 Å². The fourth-order valence-corrected chi connectivity index (χ4v) is 1.86. The minimum atomic E-state index is 0.208. The lowest BCUT2D eigenvalue weighted by Crippen LogP contribution is -2.14. The third kappa shape index (κ3) is 4.37. The summed E-state index contributed by atoms with van der Waals surface area (Å²) in [5, 5.41) is 0. The molecular weight excluding hydrogens is 198 g/mol. The molecule has 3 heteroatoms. The Kier molecular flexibility index (Phi) is 5.56. The van der Waals surface area contributed by atoms with Gasteiger partial charge in [-0.1, -0.05) is 13.3 Å². The lowest BCUT2D eigenvalue weighted by atomic mass is 10.1. The van der Waals surface area contributed by atoms with Crippen molar-refractivity contribution in [2.75, 3.05) is 20.6 Å². The van der Waals surface area contributed by atoms with Crippen LogP contribution in [0.25, 0.3) is 0 Å². The van der Waals surface area contributed by atoms with Gasteiger partial charge in [-0.05, 0) is 45.1 Å². The Bertz CT molecular complexity index is 291. The highest BCUT2D eigenvalue weighted by Crippen LogP contribution is 2.15. The third-order valence-corrected chi connectivity index (χ3v) is 2.82. The Morgan fingerprint density at radius 2 is 2.19 bits per heavy atom. The smallest absolute Gasteiger partial charge is 0.0309 e. The van der Waals surface area contributed by atoms with Crippen molar-refractivity contribution in [2.45, 2.75) is 38.8 Å². The highest BCUT2D eigenvalue weighted by molar-refractivity contribution is 5.14. The van der Waals surface area contributed by atoms with Crippen LogP contribution in [-0.2, 0) is 6.54 Å². The first-order valence-corrected chi connectivity index (χ1v) is 6.19. The zero-order chi connectivity index (χ0) is 12.0. The second-order valence-corrected chi connectivity index (χ2v) is 4.73. The van der Waals surface area contributed by atoms with Crippen LogP contribution >= 0.6 is 0 Å². The van der Waals surface area contributed by atoms with Crippen LogP contribution < -0.4 is 5.73 Å². The molecule has 3 nitrogen and oxygen atoms in total. The van der Waals surface area contributed by atoms with Crippen molar-refractivity contribution in [3.63, 3.8) is 0 Å². The molecule has 1 unspecified atom stereocenters. The molecule has 0 amide bonds. The quantitative estimate of drug-likeness (QED) is 0.769. The standard InChI is InChI=1S/C13H25N3/c1-4-6-13(14)12-7-10-16(11-12)9-5-8-15(2)3/h7,10-11,13H,4-6,8-9,14H2,1-3H3. The Hall–Kier alpha value is -0.800. The molecule has 1 aromatic heterocycles. The minimum Gasteiger partial charge on any atom is -0.354 e. The van der Waals surface area contributed by atoms with Gasteiger partial charge in [-0.3, -0.25) is 0 Å². The summed E-state index contributed by atoms with van der Waals surface area (Å²) in [6.07, 6.45) is 7.73. The summed E-state index contributed by atoms with van der Waals surface area (Å²) in [6, 6.07) is 2.36. The molecule has 0 radical (unpaired) electrons. The molecule has 2 N–H and O–H groups in total. The van der Waals surface area contributed by atoms with Crippen molar-refractivity contribution < 1.29 is 0 Å². The predicted octanol–water partition coefficient (Wildman–Crippen LogP) is 2.24. The van der Waals surface area contributed by atoms with E-state index in [1.54, 1.807) is 0 Å². The van der Waals surface area contributed by atoms with Crippen LogP contribution in [0.2, 0.25) is 0 Å². The van der Waals surface area contributed by atoms with Crippen molar-refractivity contribution >= 4 is 0 Å². The molecule has 0 saturated heterocycles. The second kappa shape index (κ2) is 6.71. The van der Waals surface area contributed by atoms with E-state index in [0.29, 0.717) is 0 Å². The number of hydrogen-bond acceptors (Lipinski definition) is 2. The second-order valence-electron chi connectivity index (χ2n) is 4.73. The van der Waals surface area contributed by atoms with Gasteiger partial charge in [-0.15, -0.1) is 0 Å². The fraction of sp³-hybridized carbons (Fsp3) is 0.692. The summed E-state index contributed by atoms with van der Waals surface area (Å²) in [7, 11) is 4.22. The van der Waals surface area contributed by atoms with Gasteiger partial charge < -0.3 is 15.2 Å². The van der Waals surface area contributed by atoms with Crippen molar-refractivity contribution in [2.24, 2.45) is 5.73 Å². The Balaban J connectivity index is 2.39. The van der Waals surface area contributed by atoms with Gasteiger partial charge in [0.2, 0.25) is 0 Å². The molecule has 1 atom stereocenters. The molecule has 0 aromatic carbocycles. The van der Waals surface area contributed by atoms with Crippen LogP contribution in [0.4, 0.5) is 0 Å². The fourth-order valence-electron chi connectivity index (χ4n) is 1.86. The minimum absolute atomic E-state index is 0.208. The summed E-state index contributed by atoms with van der Waals surface area (Å²) in [5.41, 5.74) is 7.34. The molecule has 0 aliphatic carbocycles. The van der Waals surface area contributed by atoms with Gasteiger partial charge in [-0.2, -0.15) is 0 Å². The van der Waals surface area contributed by atoms with Crippen LogP contribution in [-0.4, -0.2) is 30.1 Å². The number of aromatic nitrogens is 1. The largest absolute Gasteiger partial charge is 0.354 e. The lowest BCUT2D eigenvalue weighted by Gasteiger charge is -2.10. The van der Waals surface area contributed by atoms with E-state index in [1.807, 2.05) is 0 Å². The molecule has 0 fully saturated rings. The van der Waals surface area contributed by atoms with E-state index < -0.39 is 0 Å². The zero-order valence-electron chi connectivity index (χ0n) is 10.8. The van der Waals surface area contributed by atoms with Crippen molar-refractivity contribution in [1.82, 2.24) is 9.47 Å². The first kappa shape index (κ1) is 13.3. The summed E-state index contributed by atoms with van der Waals surface area (Å²) < 4.78 is 2.24. The maximum Gasteiger partial charge on any atom is 0.0309 e. The first-order valence-electron chi connectivity index (χ1n) is 6.19. The SMILES string of the molecule is CCCC(N)c1ccn(CCCN(C)C)c1. The van der Waals surface area contributed by atoms with Gasteiger partial charge in [0.05, 0.1) is 0 Å². The van der Waals surface area contributed by atoms with Gasteiger partial charge in [0.15, 0.2) is 0 Å². The van der Waals surface area contributed by atoms with Crippen LogP contribution in [0.15, 0.2) is 18.5 Å². The summed E-state index contributed by atoms with van der Waals surface area (Å²) in [4.78, 5) is 2.22. The third-order valence-electron chi connectivity index (χ3n) is 2.82. The molecule has 0 aliphatic rings. The van der Waals surface area contributed by atoms with Crippen molar-refractivity contribution in [3.05, 3.63) is 24.0 Å². The number of nitrogens with two attached hydrogens (primary N) is 1. The number of rotatable bonds is 7. The molecule has 0 saturated carbocycles. The predicted molar refractivity (Wildman–Crippen MR) is 69.4 cm³/mol. The van der Waals surface area contributed by atoms with E-state index in [9.17, 15) is 0 Å². The molecule has 0 bridgehead atoms. The molecule has 92 valence electrons. The lowest BCUT2D eigenvalue weighted by molar-refractivity contribution is 0.386. The van der Waals surface area contributed by atoms with Crippen molar-refractivity contribution in [3.8, 4) is 0 Å². The normalized spacial score (nSPS) is 13.3. The Morgan fingerprint density at radius 1 is 1.44 bits per heavy atom. The summed E-state index contributed by atoms with van der Waals surface area (Å²) in [6.45, 7) is 4.39. The highest BCUT2D eigenvalue weighted by Gasteiger charge is 2.05. The number of aryl methyl sites for hydroxylation is 1. The maximum atomic E-state index is 6.07. The van der Waals surface area contributed by atoms with Crippen LogP contribution in [0.1, 0.15) is 37.8 Å². The molecule has 1 rings (SSSR count). The van der Waals surface area contributed by atoms with Crippen molar-refractivity contribution in [1.29, 1.82) is 0 Å². The number of hydrogen-bond donors (Lipinski definition) is 1. The van der Waals surface area contributed by atoms with E-state index in [4.69, 9.17) is 5.73 Å². The Labute approximate surface area is 99.2 Å². The van der Waals surface area contributed by atoms with Gasteiger partial charge in [-0.25, -0.2) is 0 Å². The maximum absolute atomic E-state index is 6.07. The first-order chi connectivity index (χ1) is 7.63. The van der Waals surface area contributed by atoms with Gasteiger partial charge in [0.25, 0.3) is 0 Å². The van der Waals surface area contributed by atoms with Crippen LogP contribution in [0, 0.1) is 0 Å². The van der Waals surface area contributed by atoms with Crippen LogP contribution in [0.3, 0.4) is 0 Å². The van der Waals surface area contributed by atoms with Gasteiger partial charge in [0.1, 0.15) is 0 Å². The van der Waals surface area contributed by atoms with E-state index in [2.05, 4.69) is 48.9 Å². The molecule has 1 heterocycles. The highest BCUT2D eigenvalue weighted by atomic mass is 15.1. The topological polar surface area (TPSA) is 34.2 Å². The van der Waals surface area contributed by atoms with Gasteiger partial charge in [0, 0.05) is 25.0 Å². The summed E-state index contributed by atoms with van der Waals surface area (Å²) in [5.74, 6) is 0. The average molecular weight is 223 g/mol. The molecule has 0 spiro atoms.